The van der Waals surface area contributed by atoms with Crippen molar-refractivity contribution >= 4 is 28.3 Å². The second-order valence-corrected chi connectivity index (χ2v) is 3.79. The van der Waals surface area contributed by atoms with Gasteiger partial charge in [0.15, 0.2) is 11.6 Å². The van der Waals surface area contributed by atoms with Gasteiger partial charge in [0.05, 0.1) is 11.1 Å². The zero-order chi connectivity index (χ0) is 11.3. The van der Waals surface area contributed by atoms with Crippen LogP contribution in [0, 0.1) is 5.82 Å². The normalized spacial score (nSPS) is 9.75. The first-order valence-corrected chi connectivity index (χ1v) is 5.28. The van der Waals surface area contributed by atoms with Crippen LogP contribution in [0.3, 0.4) is 0 Å². The van der Waals surface area contributed by atoms with Crippen molar-refractivity contribution in [1.29, 1.82) is 0 Å². The Bertz CT molecular complexity index is 316. The van der Waals surface area contributed by atoms with Gasteiger partial charge in [-0.2, -0.15) is 0 Å². The molecule has 0 atom stereocenters. The average Bonchev–Trinajstić information content (AvgIpc) is 2.22. The van der Waals surface area contributed by atoms with Gasteiger partial charge >= 0.3 is 0 Å². The van der Waals surface area contributed by atoms with E-state index in [1.807, 2.05) is 0 Å². The molecule has 0 radical (unpaired) electrons. The lowest BCUT2D eigenvalue weighted by atomic mass is 10.2. The molecule has 0 saturated heterocycles. The van der Waals surface area contributed by atoms with E-state index in [1.165, 1.54) is 6.07 Å². The minimum Gasteiger partial charge on any atom is -0.487 e. The first-order chi connectivity index (χ1) is 7.19. The Kier molecular flexibility index (Phi) is 7.66. The summed E-state index contributed by atoms with van der Waals surface area (Å²) in [6.45, 7) is 1.03. The number of halogens is 3. The highest BCUT2D eigenvalue weighted by Gasteiger charge is 2.09. The third kappa shape index (κ3) is 4.25. The summed E-state index contributed by atoms with van der Waals surface area (Å²) in [5.41, 5.74) is 6.13. The fourth-order valence-electron chi connectivity index (χ4n) is 1.10. The third-order valence-electron chi connectivity index (χ3n) is 1.83. The van der Waals surface area contributed by atoms with Crippen LogP contribution in [0.15, 0.2) is 16.6 Å². The summed E-state index contributed by atoms with van der Waals surface area (Å²) in [5.74, 6) is -0.217. The number of hydrogen-bond acceptors (Lipinski definition) is 3. The van der Waals surface area contributed by atoms with E-state index in [0.29, 0.717) is 24.2 Å². The summed E-state index contributed by atoms with van der Waals surface area (Å²) in [7, 11) is 1.56. The highest BCUT2D eigenvalue weighted by Crippen LogP contribution is 2.29. The van der Waals surface area contributed by atoms with Crippen LogP contribution >= 0.6 is 28.3 Å². The van der Waals surface area contributed by atoms with Gasteiger partial charge in [0.2, 0.25) is 0 Å². The van der Waals surface area contributed by atoms with E-state index in [9.17, 15) is 4.39 Å². The summed E-state index contributed by atoms with van der Waals surface area (Å²) < 4.78 is 24.1. The standard InChI is InChI=1S/C10H13BrFNO2.ClH/c1-14-2-3-15-10-8(11)4-7(6-13)5-9(10)12;/h4-5H,2-3,6,13H2,1H3;1H. The molecular weight excluding hydrogens is 300 g/mol. The number of methoxy groups -OCH3 is 1. The Morgan fingerprint density at radius 3 is 2.56 bits per heavy atom. The van der Waals surface area contributed by atoms with E-state index in [4.69, 9.17) is 15.2 Å². The fraction of sp³-hybridized carbons (Fsp3) is 0.400. The molecule has 3 nitrogen and oxygen atoms in total. The predicted molar refractivity (Wildman–Crippen MR) is 66.6 cm³/mol. The highest BCUT2D eigenvalue weighted by atomic mass is 79.9. The first kappa shape index (κ1) is 15.6. The average molecular weight is 315 g/mol. The lowest BCUT2D eigenvalue weighted by molar-refractivity contribution is 0.143. The first-order valence-electron chi connectivity index (χ1n) is 4.48. The Morgan fingerprint density at radius 2 is 2.06 bits per heavy atom. The summed E-state index contributed by atoms with van der Waals surface area (Å²) in [5, 5.41) is 0. The molecule has 1 aromatic carbocycles. The van der Waals surface area contributed by atoms with E-state index in [2.05, 4.69) is 15.9 Å². The molecule has 0 unspecified atom stereocenters. The van der Waals surface area contributed by atoms with Gasteiger partial charge in [0.25, 0.3) is 0 Å². The molecular formula is C10H14BrClFNO2. The zero-order valence-corrected chi connectivity index (χ0v) is 11.2. The minimum atomic E-state index is -0.416. The summed E-state index contributed by atoms with van der Waals surface area (Å²) in [6.07, 6.45) is 0. The molecule has 16 heavy (non-hydrogen) atoms. The van der Waals surface area contributed by atoms with Crippen molar-refractivity contribution < 1.29 is 13.9 Å². The topological polar surface area (TPSA) is 44.5 Å². The van der Waals surface area contributed by atoms with E-state index < -0.39 is 5.82 Å². The molecule has 0 heterocycles. The summed E-state index contributed by atoms with van der Waals surface area (Å²) in [4.78, 5) is 0. The largest absolute Gasteiger partial charge is 0.487 e. The SMILES string of the molecule is COCCOc1c(F)cc(CN)cc1Br.Cl. The van der Waals surface area contributed by atoms with Crippen molar-refractivity contribution in [2.24, 2.45) is 5.73 Å². The molecule has 0 aliphatic carbocycles. The Balaban J connectivity index is 0.00000225. The van der Waals surface area contributed by atoms with Crippen LogP contribution in [0.25, 0.3) is 0 Å². The quantitative estimate of drug-likeness (QED) is 0.849. The molecule has 0 aliphatic rings. The number of nitrogens with two attached hydrogens (primary N) is 1. The minimum absolute atomic E-state index is 0. The second kappa shape index (κ2) is 7.84. The number of rotatable bonds is 5. The molecule has 0 spiro atoms. The number of hydrogen-bond donors (Lipinski definition) is 1. The van der Waals surface area contributed by atoms with Crippen molar-refractivity contribution in [2.75, 3.05) is 20.3 Å². The molecule has 0 fully saturated rings. The molecule has 0 aromatic heterocycles. The van der Waals surface area contributed by atoms with Gasteiger partial charge in [0, 0.05) is 13.7 Å². The molecule has 0 saturated carbocycles. The van der Waals surface area contributed by atoms with Crippen LogP contribution in [-0.4, -0.2) is 20.3 Å². The molecule has 0 bridgehead atoms. The van der Waals surface area contributed by atoms with Crippen LogP contribution in [-0.2, 0) is 11.3 Å². The van der Waals surface area contributed by atoms with E-state index >= 15 is 0 Å². The maximum Gasteiger partial charge on any atom is 0.169 e. The zero-order valence-electron chi connectivity index (χ0n) is 8.83. The second-order valence-electron chi connectivity index (χ2n) is 2.93. The van der Waals surface area contributed by atoms with Gasteiger partial charge in [-0.1, -0.05) is 0 Å². The molecule has 92 valence electrons. The van der Waals surface area contributed by atoms with Crippen molar-refractivity contribution in [3.05, 3.63) is 28.0 Å². The van der Waals surface area contributed by atoms with Gasteiger partial charge in [-0.3, -0.25) is 0 Å². The molecule has 1 aromatic rings. The van der Waals surface area contributed by atoms with Crippen molar-refractivity contribution in [3.63, 3.8) is 0 Å². The molecule has 2 N–H and O–H groups in total. The van der Waals surface area contributed by atoms with Gasteiger partial charge in [0.1, 0.15) is 6.61 Å². The van der Waals surface area contributed by atoms with Crippen molar-refractivity contribution in [3.8, 4) is 5.75 Å². The fourth-order valence-corrected chi connectivity index (χ4v) is 1.69. The monoisotopic (exact) mass is 313 g/mol. The Morgan fingerprint density at radius 1 is 1.38 bits per heavy atom. The Hall–Kier alpha value is -0.360. The number of benzene rings is 1. The summed E-state index contributed by atoms with van der Waals surface area (Å²) >= 11 is 3.23. The lowest BCUT2D eigenvalue weighted by Crippen LogP contribution is -2.07. The summed E-state index contributed by atoms with van der Waals surface area (Å²) in [6, 6.07) is 3.11. The van der Waals surface area contributed by atoms with Crippen LogP contribution in [0.5, 0.6) is 5.75 Å². The maximum absolute atomic E-state index is 13.5. The van der Waals surface area contributed by atoms with Crippen LogP contribution in [0.2, 0.25) is 0 Å². The molecule has 0 aliphatic heterocycles. The molecule has 1 rings (SSSR count). The van der Waals surface area contributed by atoms with Crippen molar-refractivity contribution in [1.82, 2.24) is 0 Å². The van der Waals surface area contributed by atoms with Gasteiger partial charge < -0.3 is 15.2 Å². The third-order valence-corrected chi connectivity index (χ3v) is 2.42. The van der Waals surface area contributed by atoms with E-state index in [0.717, 1.165) is 5.56 Å². The van der Waals surface area contributed by atoms with Gasteiger partial charge in [-0.25, -0.2) is 4.39 Å². The lowest BCUT2D eigenvalue weighted by Gasteiger charge is -2.10. The predicted octanol–water partition coefficient (Wildman–Crippen LogP) is 2.49. The van der Waals surface area contributed by atoms with Crippen molar-refractivity contribution in [2.45, 2.75) is 6.54 Å². The van der Waals surface area contributed by atoms with E-state index in [-0.39, 0.29) is 18.2 Å². The smallest absolute Gasteiger partial charge is 0.169 e. The van der Waals surface area contributed by atoms with Gasteiger partial charge in [-0.05, 0) is 33.6 Å². The molecule has 6 heteroatoms. The van der Waals surface area contributed by atoms with Crippen LogP contribution < -0.4 is 10.5 Å². The van der Waals surface area contributed by atoms with E-state index in [1.54, 1.807) is 13.2 Å². The molecule has 0 amide bonds. The maximum atomic E-state index is 13.5. The van der Waals surface area contributed by atoms with Crippen LogP contribution in [0.1, 0.15) is 5.56 Å². The highest BCUT2D eigenvalue weighted by molar-refractivity contribution is 9.10. The number of ether oxygens (including phenoxy) is 2. The van der Waals surface area contributed by atoms with Gasteiger partial charge in [-0.15, -0.1) is 12.4 Å². The van der Waals surface area contributed by atoms with Crippen LogP contribution in [0.4, 0.5) is 4.39 Å². The Labute approximate surface area is 109 Å².